The molecule has 21 heavy (non-hydrogen) atoms. The summed E-state index contributed by atoms with van der Waals surface area (Å²) < 4.78 is 10.2. The van der Waals surface area contributed by atoms with Gasteiger partial charge >= 0.3 is 6.09 Å². The number of ether oxygens (including phenoxy) is 1. The van der Waals surface area contributed by atoms with Crippen LogP contribution >= 0.6 is 23.4 Å². The Hall–Kier alpha value is -1.73. The summed E-state index contributed by atoms with van der Waals surface area (Å²) in [6.45, 7) is 0. The van der Waals surface area contributed by atoms with Crippen molar-refractivity contribution in [3.63, 3.8) is 0 Å². The monoisotopic (exact) mass is 327 g/mol. The number of benzene rings is 1. The molecule has 0 saturated carbocycles. The summed E-state index contributed by atoms with van der Waals surface area (Å²) >= 11 is 7.40. The van der Waals surface area contributed by atoms with E-state index in [1.54, 1.807) is 23.9 Å². The Morgan fingerprint density at radius 3 is 2.81 bits per heavy atom. The standard InChI is InChI=1S/C13H14ClN3O3S/c1-21-7-11-16-12(17-20-11)10(19-13(15)18)6-8-2-4-9(14)5-3-8/h2-5,10H,6-7H2,1H3,(H2,15,18). The van der Waals surface area contributed by atoms with Crippen molar-refractivity contribution >= 4 is 29.5 Å². The SMILES string of the molecule is CSCc1nc(C(Cc2ccc(Cl)cc2)OC(N)=O)no1. The Labute approximate surface area is 131 Å². The number of rotatable bonds is 6. The van der Waals surface area contributed by atoms with Crippen molar-refractivity contribution < 1.29 is 14.1 Å². The molecule has 1 unspecified atom stereocenters. The third kappa shape index (κ3) is 4.64. The molecule has 0 fully saturated rings. The lowest BCUT2D eigenvalue weighted by atomic mass is 10.1. The molecule has 0 bridgehead atoms. The van der Waals surface area contributed by atoms with Gasteiger partial charge in [0.15, 0.2) is 6.10 Å². The first kappa shape index (κ1) is 15.7. The van der Waals surface area contributed by atoms with Gasteiger partial charge in [-0.2, -0.15) is 16.7 Å². The van der Waals surface area contributed by atoms with Crippen LogP contribution in [0, 0.1) is 0 Å². The van der Waals surface area contributed by atoms with Crippen LogP contribution in [-0.2, 0) is 16.9 Å². The summed E-state index contributed by atoms with van der Waals surface area (Å²) in [4.78, 5) is 15.3. The maximum absolute atomic E-state index is 11.0. The van der Waals surface area contributed by atoms with Crippen LogP contribution in [0.15, 0.2) is 28.8 Å². The minimum Gasteiger partial charge on any atom is -0.438 e. The van der Waals surface area contributed by atoms with Crippen LogP contribution in [0.3, 0.4) is 0 Å². The molecule has 0 saturated heterocycles. The number of nitrogens with two attached hydrogens (primary N) is 1. The summed E-state index contributed by atoms with van der Waals surface area (Å²) in [6, 6.07) is 7.19. The van der Waals surface area contributed by atoms with Gasteiger partial charge in [-0.05, 0) is 24.0 Å². The molecule has 2 rings (SSSR count). The molecule has 0 aliphatic rings. The second-order valence-electron chi connectivity index (χ2n) is 4.24. The van der Waals surface area contributed by atoms with Gasteiger partial charge in [-0.15, -0.1) is 0 Å². The van der Waals surface area contributed by atoms with E-state index in [0.29, 0.717) is 28.9 Å². The molecule has 0 aliphatic carbocycles. The molecule has 6 nitrogen and oxygen atoms in total. The van der Waals surface area contributed by atoms with Gasteiger partial charge in [-0.1, -0.05) is 28.9 Å². The predicted octanol–water partition coefficient (Wildman–Crippen LogP) is 2.97. The van der Waals surface area contributed by atoms with Gasteiger partial charge in [0.25, 0.3) is 0 Å². The fraction of sp³-hybridized carbons (Fsp3) is 0.308. The normalized spacial score (nSPS) is 12.1. The van der Waals surface area contributed by atoms with Gasteiger partial charge in [-0.3, -0.25) is 0 Å². The van der Waals surface area contributed by atoms with Crippen LogP contribution in [0.4, 0.5) is 4.79 Å². The van der Waals surface area contributed by atoms with Gasteiger partial charge < -0.3 is 15.0 Å². The maximum Gasteiger partial charge on any atom is 0.405 e. The average molecular weight is 328 g/mol. The summed E-state index contributed by atoms with van der Waals surface area (Å²) in [5.74, 6) is 1.37. The topological polar surface area (TPSA) is 91.2 Å². The fourth-order valence-electron chi connectivity index (χ4n) is 1.74. The third-order valence-electron chi connectivity index (χ3n) is 2.63. The lowest BCUT2D eigenvalue weighted by Gasteiger charge is -2.12. The average Bonchev–Trinajstić information content (AvgIpc) is 2.89. The van der Waals surface area contributed by atoms with E-state index in [2.05, 4.69) is 10.1 Å². The van der Waals surface area contributed by atoms with Gasteiger partial charge in [0.1, 0.15) is 0 Å². The van der Waals surface area contributed by atoms with Crippen LogP contribution in [0.2, 0.25) is 5.02 Å². The lowest BCUT2D eigenvalue weighted by Crippen LogP contribution is -2.20. The quantitative estimate of drug-likeness (QED) is 0.877. The van der Waals surface area contributed by atoms with E-state index in [0.717, 1.165) is 5.56 Å². The molecule has 1 heterocycles. The number of carbonyl (C=O) groups excluding carboxylic acids is 1. The van der Waals surface area contributed by atoms with Crippen LogP contribution in [-0.4, -0.2) is 22.5 Å². The molecular weight excluding hydrogens is 314 g/mol. The van der Waals surface area contributed by atoms with Crippen molar-refractivity contribution in [3.8, 4) is 0 Å². The molecule has 1 aromatic heterocycles. The summed E-state index contributed by atoms with van der Waals surface area (Å²) in [5.41, 5.74) is 6.02. The largest absolute Gasteiger partial charge is 0.438 e. The van der Waals surface area contributed by atoms with Gasteiger partial charge in [0, 0.05) is 11.4 Å². The van der Waals surface area contributed by atoms with Crippen LogP contribution in [0.5, 0.6) is 0 Å². The molecule has 1 amide bonds. The Kier molecular flexibility index (Phi) is 5.46. The molecule has 0 aliphatic heterocycles. The molecule has 2 aromatic rings. The maximum atomic E-state index is 11.0. The summed E-state index contributed by atoms with van der Waals surface area (Å²) in [6.07, 6.45) is 0.737. The van der Waals surface area contributed by atoms with E-state index >= 15 is 0 Å². The van der Waals surface area contributed by atoms with E-state index in [-0.39, 0.29) is 0 Å². The van der Waals surface area contributed by atoms with Crippen molar-refractivity contribution in [2.45, 2.75) is 18.3 Å². The van der Waals surface area contributed by atoms with Crippen molar-refractivity contribution in [1.29, 1.82) is 0 Å². The molecule has 0 radical (unpaired) electrons. The number of primary amides is 1. The van der Waals surface area contributed by atoms with Crippen molar-refractivity contribution in [2.75, 3.05) is 6.26 Å². The zero-order valence-corrected chi connectivity index (χ0v) is 12.9. The van der Waals surface area contributed by atoms with Crippen molar-refractivity contribution in [2.24, 2.45) is 5.73 Å². The number of halogens is 1. The van der Waals surface area contributed by atoms with E-state index in [4.69, 9.17) is 26.6 Å². The second kappa shape index (κ2) is 7.33. The van der Waals surface area contributed by atoms with Crippen molar-refractivity contribution in [1.82, 2.24) is 10.1 Å². The number of aromatic nitrogens is 2. The van der Waals surface area contributed by atoms with Crippen molar-refractivity contribution in [3.05, 3.63) is 46.6 Å². The van der Waals surface area contributed by atoms with Gasteiger partial charge in [0.05, 0.1) is 5.75 Å². The number of thioether (sulfide) groups is 1. The molecule has 8 heteroatoms. The first-order valence-electron chi connectivity index (χ1n) is 6.10. The second-order valence-corrected chi connectivity index (χ2v) is 5.54. The van der Waals surface area contributed by atoms with Crippen LogP contribution in [0.25, 0.3) is 0 Å². The number of hydrogen-bond acceptors (Lipinski definition) is 6. The van der Waals surface area contributed by atoms with Gasteiger partial charge in [0.2, 0.25) is 11.7 Å². The third-order valence-corrected chi connectivity index (χ3v) is 3.42. The smallest absolute Gasteiger partial charge is 0.405 e. The Balaban J connectivity index is 2.16. The zero-order chi connectivity index (χ0) is 15.2. The minimum absolute atomic E-state index is 0.299. The van der Waals surface area contributed by atoms with Crippen LogP contribution < -0.4 is 5.73 Å². The minimum atomic E-state index is -0.884. The molecule has 1 aromatic carbocycles. The number of amides is 1. The summed E-state index contributed by atoms with van der Waals surface area (Å²) in [5, 5.41) is 4.48. The molecule has 2 N–H and O–H groups in total. The first-order chi connectivity index (χ1) is 10.1. The van der Waals surface area contributed by atoms with E-state index in [1.165, 1.54) is 0 Å². The van der Waals surface area contributed by atoms with E-state index in [1.807, 2.05) is 18.4 Å². The molecule has 1 atom stereocenters. The van der Waals surface area contributed by atoms with Crippen LogP contribution in [0.1, 0.15) is 23.4 Å². The predicted molar refractivity (Wildman–Crippen MR) is 80.1 cm³/mol. The highest BCUT2D eigenvalue weighted by Gasteiger charge is 2.22. The molecular formula is C13H14ClN3O3S. The lowest BCUT2D eigenvalue weighted by molar-refractivity contribution is 0.0999. The summed E-state index contributed by atoms with van der Waals surface area (Å²) in [7, 11) is 0. The fourth-order valence-corrected chi connectivity index (χ4v) is 2.23. The molecule has 112 valence electrons. The highest BCUT2D eigenvalue weighted by atomic mass is 35.5. The number of carbonyl (C=O) groups is 1. The zero-order valence-electron chi connectivity index (χ0n) is 11.3. The Morgan fingerprint density at radius 1 is 1.48 bits per heavy atom. The Bertz CT molecular complexity index is 603. The number of nitrogens with zero attached hydrogens (tertiary/aromatic N) is 2. The first-order valence-corrected chi connectivity index (χ1v) is 7.87. The Morgan fingerprint density at radius 2 is 2.19 bits per heavy atom. The highest BCUT2D eigenvalue weighted by molar-refractivity contribution is 7.97. The number of hydrogen-bond donors (Lipinski definition) is 1. The highest BCUT2D eigenvalue weighted by Crippen LogP contribution is 2.22. The van der Waals surface area contributed by atoms with E-state index < -0.39 is 12.2 Å². The van der Waals surface area contributed by atoms with Gasteiger partial charge in [-0.25, -0.2) is 4.79 Å². The van der Waals surface area contributed by atoms with E-state index in [9.17, 15) is 4.79 Å². The molecule has 0 spiro atoms.